The second kappa shape index (κ2) is 12.9. The minimum atomic E-state index is -4.39. The molecule has 238 valence electrons. The van der Waals surface area contributed by atoms with Crippen molar-refractivity contribution in [1.29, 1.82) is 0 Å². The van der Waals surface area contributed by atoms with Gasteiger partial charge in [0.05, 0.1) is 24.3 Å². The van der Waals surface area contributed by atoms with Crippen LogP contribution in [0.3, 0.4) is 0 Å². The highest BCUT2D eigenvalue weighted by Gasteiger charge is 2.41. The van der Waals surface area contributed by atoms with Crippen LogP contribution in [-0.4, -0.2) is 75.3 Å². The van der Waals surface area contributed by atoms with Crippen molar-refractivity contribution in [2.45, 2.75) is 75.9 Å². The Balaban J connectivity index is 1.31. The van der Waals surface area contributed by atoms with Crippen LogP contribution in [0.2, 0.25) is 5.02 Å². The monoisotopic (exact) mass is 632 g/mol. The molecule has 9 nitrogen and oxygen atoms in total. The van der Waals surface area contributed by atoms with Crippen molar-refractivity contribution in [3.05, 3.63) is 58.4 Å². The summed E-state index contributed by atoms with van der Waals surface area (Å²) >= 11 is 6.34. The number of benzene rings is 1. The van der Waals surface area contributed by atoms with Crippen LogP contribution >= 0.6 is 11.6 Å². The van der Waals surface area contributed by atoms with E-state index in [0.29, 0.717) is 51.3 Å². The third-order valence-corrected chi connectivity index (χ3v) is 9.74. The van der Waals surface area contributed by atoms with Gasteiger partial charge >= 0.3 is 6.18 Å². The number of fused-ring (bicyclic) bond motifs is 4. The summed E-state index contributed by atoms with van der Waals surface area (Å²) in [5.74, 6) is 1.000. The zero-order chi connectivity index (χ0) is 31.0. The Bertz CT molecular complexity index is 1510. The van der Waals surface area contributed by atoms with E-state index in [1.807, 2.05) is 0 Å². The Kier molecular flexibility index (Phi) is 9.17. The van der Waals surface area contributed by atoms with Gasteiger partial charge in [0.25, 0.3) is 5.56 Å². The number of nitrogens with zero attached hydrogens (tertiary/aromatic N) is 5. The van der Waals surface area contributed by atoms with Gasteiger partial charge in [-0.1, -0.05) is 31.0 Å². The Labute approximate surface area is 260 Å². The van der Waals surface area contributed by atoms with Crippen LogP contribution in [0.25, 0.3) is 22.4 Å². The maximum Gasteiger partial charge on any atom is 0.408 e. The molecule has 4 unspecified atom stereocenters. The van der Waals surface area contributed by atoms with E-state index >= 15 is 0 Å². The molecule has 2 bridgehead atoms. The number of hydrogen-bond acceptors (Lipinski definition) is 7. The number of alkyl halides is 3. The maximum absolute atomic E-state index is 13.8. The molecule has 0 radical (unpaired) electrons. The number of hydrazine groups is 1. The van der Waals surface area contributed by atoms with E-state index in [-0.39, 0.29) is 17.6 Å². The first-order valence-electron chi connectivity index (χ1n) is 15.5. The average Bonchev–Trinajstić information content (AvgIpc) is 3.59. The van der Waals surface area contributed by atoms with Gasteiger partial charge in [0.1, 0.15) is 6.54 Å². The van der Waals surface area contributed by atoms with Crippen LogP contribution in [0.15, 0.2) is 47.8 Å². The maximum atomic E-state index is 13.8. The quantitative estimate of drug-likeness (QED) is 0.390. The van der Waals surface area contributed by atoms with Gasteiger partial charge in [0, 0.05) is 60.1 Å². The summed E-state index contributed by atoms with van der Waals surface area (Å²) in [6.07, 6.45) is 4.93. The van der Waals surface area contributed by atoms with Crippen molar-refractivity contribution in [3.63, 3.8) is 0 Å². The number of likely N-dealkylation sites (N-methyl/N-ethyl adjacent to an activating group) is 1. The Morgan fingerprint density at radius 1 is 1.07 bits per heavy atom. The second-order valence-corrected chi connectivity index (χ2v) is 13.1. The highest BCUT2D eigenvalue weighted by molar-refractivity contribution is 6.31. The molecule has 3 aliphatic rings. The molecule has 44 heavy (non-hydrogen) atoms. The largest absolute Gasteiger partial charge is 0.408 e. The first kappa shape index (κ1) is 31.2. The fraction of sp³-hybridized carbons (Fsp3) is 0.581. The highest BCUT2D eigenvalue weighted by Crippen LogP contribution is 2.35. The van der Waals surface area contributed by atoms with Crippen LogP contribution in [-0.2, 0) is 6.54 Å². The van der Waals surface area contributed by atoms with Crippen LogP contribution in [0.5, 0.6) is 0 Å². The molecule has 1 aromatic carbocycles. The molecule has 0 saturated carbocycles. The number of nitrogens with one attached hydrogen (secondary N) is 3. The molecular weight excluding hydrogens is 593 g/mol. The van der Waals surface area contributed by atoms with Crippen LogP contribution in [0.4, 0.5) is 13.2 Å². The molecule has 0 aliphatic carbocycles. The summed E-state index contributed by atoms with van der Waals surface area (Å²) in [5.41, 5.74) is 5.43. The van der Waals surface area contributed by atoms with Crippen LogP contribution in [0, 0.1) is 11.8 Å². The lowest BCUT2D eigenvalue weighted by Crippen LogP contribution is -2.54. The topological polar surface area (TPSA) is 92.0 Å². The van der Waals surface area contributed by atoms with Crippen molar-refractivity contribution in [1.82, 2.24) is 40.4 Å². The first-order chi connectivity index (χ1) is 21.1. The van der Waals surface area contributed by atoms with Crippen molar-refractivity contribution < 1.29 is 13.2 Å². The zero-order valence-electron chi connectivity index (χ0n) is 25.0. The Morgan fingerprint density at radius 3 is 2.70 bits per heavy atom. The van der Waals surface area contributed by atoms with E-state index in [4.69, 9.17) is 16.6 Å². The van der Waals surface area contributed by atoms with Gasteiger partial charge in [-0.25, -0.2) is 9.99 Å². The summed E-state index contributed by atoms with van der Waals surface area (Å²) < 4.78 is 41.5. The smallest absolute Gasteiger partial charge is 0.312 e. The Hall–Kier alpha value is -2.77. The molecule has 6 rings (SSSR count). The molecule has 3 N–H and O–H groups in total. The van der Waals surface area contributed by atoms with Crippen molar-refractivity contribution in [2.75, 3.05) is 26.7 Å². The molecular formula is C31H40ClF3N8O. The van der Waals surface area contributed by atoms with Gasteiger partial charge in [0.15, 0.2) is 0 Å². The fourth-order valence-corrected chi connectivity index (χ4v) is 7.56. The summed E-state index contributed by atoms with van der Waals surface area (Å²) in [6.45, 7) is 3.89. The summed E-state index contributed by atoms with van der Waals surface area (Å²) in [6, 6.07) is 7.43. The molecule has 3 fully saturated rings. The molecule has 0 spiro atoms. The number of halogens is 4. The first-order valence-corrected chi connectivity index (χ1v) is 15.8. The zero-order valence-corrected chi connectivity index (χ0v) is 25.8. The van der Waals surface area contributed by atoms with Gasteiger partial charge in [-0.3, -0.25) is 19.5 Å². The highest BCUT2D eigenvalue weighted by atomic mass is 35.5. The predicted octanol–water partition coefficient (Wildman–Crippen LogP) is 4.50. The molecule has 5 heterocycles. The molecule has 3 aromatic rings. The standard InChI is InChI=1S/C31H40ClF3N8O/c1-19-4-3-5-28(26-10-20(8-9-36-26)30-27(37-13-19)15-39-41(30)2)43-18-38-25(12-29(43)44)24-11-22(32)6-7-23(24)21-14-40-42(16-21)17-31(33,34)35/h6-7,11-12,14,16,18-20,26-28,30,36-37,39H,3-5,8-10,13,15,17H2,1-2H3/t19-,20?,26?,27?,28+,30?/m1/s1. The normalized spacial score (nSPS) is 28.7. The summed E-state index contributed by atoms with van der Waals surface area (Å²) in [7, 11) is 2.13. The number of piperidine rings is 1. The SMILES string of the molecule is C[C@@H]1CCC[C@H](n2cnc(-c3cc(Cl)ccc3-c3cnn(CC(F)(F)F)c3)cc2=O)C2CC(CCN2)C2C(CNN2C)NC1. The number of rotatable bonds is 4. The molecule has 2 aromatic heterocycles. The van der Waals surface area contributed by atoms with Gasteiger partial charge in [-0.2, -0.15) is 18.3 Å². The summed E-state index contributed by atoms with van der Waals surface area (Å²) in [4.78, 5) is 18.6. The molecule has 0 amide bonds. The van der Waals surface area contributed by atoms with Gasteiger partial charge in [-0.05, 0) is 68.3 Å². The number of hydrogen-bond donors (Lipinski definition) is 3. The van der Waals surface area contributed by atoms with Crippen molar-refractivity contribution >= 4 is 11.6 Å². The fourth-order valence-electron chi connectivity index (χ4n) is 7.38. The molecule has 3 saturated heterocycles. The third-order valence-electron chi connectivity index (χ3n) is 9.51. The number of aromatic nitrogens is 4. The molecule has 3 aliphatic heterocycles. The molecule has 6 atom stereocenters. The van der Waals surface area contributed by atoms with E-state index in [1.165, 1.54) is 18.5 Å². The van der Waals surface area contributed by atoms with Crippen LogP contribution in [0.1, 0.15) is 45.1 Å². The van der Waals surface area contributed by atoms with Crippen LogP contribution < -0.4 is 21.6 Å². The van der Waals surface area contributed by atoms with Gasteiger partial charge < -0.3 is 10.6 Å². The average molecular weight is 633 g/mol. The van der Waals surface area contributed by atoms with E-state index in [2.05, 4.69) is 40.1 Å². The summed E-state index contributed by atoms with van der Waals surface area (Å²) in [5, 5.41) is 14.2. The Morgan fingerprint density at radius 2 is 1.91 bits per heavy atom. The van der Waals surface area contributed by atoms with Crippen molar-refractivity contribution in [2.24, 2.45) is 11.8 Å². The lowest BCUT2D eigenvalue weighted by molar-refractivity contribution is -0.142. The van der Waals surface area contributed by atoms with E-state index in [9.17, 15) is 18.0 Å². The third kappa shape index (κ3) is 6.89. The second-order valence-electron chi connectivity index (χ2n) is 12.7. The van der Waals surface area contributed by atoms with E-state index in [1.54, 1.807) is 29.1 Å². The lowest BCUT2D eigenvalue weighted by Gasteiger charge is -2.42. The molecule has 13 heteroatoms. The van der Waals surface area contributed by atoms with Crippen molar-refractivity contribution in [3.8, 4) is 22.4 Å². The minimum absolute atomic E-state index is 0.0519. The predicted molar refractivity (Wildman–Crippen MR) is 164 cm³/mol. The lowest BCUT2D eigenvalue weighted by atomic mass is 9.80. The van der Waals surface area contributed by atoms with Gasteiger partial charge in [0.2, 0.25) is 0 Å². The minimum Gasteiger partial charge on any atom is -0.312 e. The van der Waals surface area contributed by atoms with Gasteiger partial charge in [-0.15, -0.1) is 0 Å². The van der Waals surface area contributed by atoms with E-state index < -0.39 is 12.7 Å². The van der Waals surface area contributed by atoms with E-state index in [0.717, 1.165) is 56.4 Å².